The van der Waals surface area contributed by atoms with Crippen LogP contribution in [0.5, 0.6) is 34.5 Å². The van der Waals surface area contributed by atoms with Gasteiger partial charge >= 0.3 is 37.7 Å². The van der Waals surface area contributed by atoms with Crippen LogP contribution in [0.1, 0.15) is 166 Å². The van der Waals surface area contributed by atoms with Crippen molar-refractivity contribution < 1.29 is 45.6 Å². The summed E-state index contributed by atoms with van der Waals surface area (Å²) in [6.45, 7) is 4.47. The number of aryl methyl sites for hydroxylation is 2. The number of hydrogen-bond acceptors (Lipinski definition) is 9. The van der Waals surface area contributed by atoms with Crippen LogP contribution < -0.4 is 14.6 Å². The van der Waals surface area contributed by atoms with Gasteiger partial charge in [0.1, 0.15) is 43.8 Å². The molecule has 0 atom stereocenters. The molecule has 0 spiro atoms. The molecule has 0 saturated heterocycles. The molecule has 0 amide bonds. The molecule has 344 valence electrons. The Balaban J connectivity index is 0.000000427. The van der Waals surface area contributed by atoms with Crippen molar-refractivity contribution in [2.45, 2.75) is 178 Å². The number of unbranched alkanes of at least 4 members (excludes halogenated alkanes) is 20. The zero-order valence-electron chi connectivity index (χ0n) is 37.7. The summed E-state index contributed by atoms with van der Waals surface area (Å²) in [7, 11) is -9.09. The molecule has 2 N–H and O–H groups in total. The first kappa shape index (κ1) is 56.3. The second kappa shape index (κ2) is 31.9. The zero-order chi connectivity index (χ0) is 45.1. The molecule has 0 radical (unpaired) electrons. The van der Waals surface area contributed by atoms with Crippen LogP contribution in [-0.2, 0) is 33.1 Å². The van der Waals surface area contributed by atoms with E-state index in [-0.39, 0.29) is 70.5 Å². The van der Waals surface area contributed by atoms with Crippen LogP contribution in [0.25, 0.3) is 0 Å². The fourth-order valence-electron chi connectivity index (χ4n) is 7.24. The number of hydrogen-bond donors (Lipinski definition) is 2. The number of aromatic hydroxyl groups is 1. The van der Waals surface area contributed by atoms with Gasteiger partial charge in [-0.2, -0.15) is 8.42 Å². The average Bonchev–Trinajstić information content (AvgIpc) is 3.24. The number of rotatable bonds is 30. The van der Waals surface area contributed by atoms with Crippen molar-refractivity contribution >= 4 is 58.0 Å². The van der Waals surface area contributed by atoms with E-state index < -0.39 is 20.2 Å². The standard InChI is InChI=1S/2C25H36O5S.Ca/c2*1-2-3-4-5-6-7-8-9-10-11-12-13-21-14-19-24(25(20-21)31(27,28)29)30-23-17-15-22(26)16-18-23;/h2*14-20,26H,2-13H2,1H3,(H,27,28,29);/q;;+2/p-2. The average molecular weight is 935 g/mol. The Morgan fingerprint density at radius 2 is 0.810 bits per heavy atom. The van der Waals surface area contributed by atoms with Gasteiger partial charge in [0.2, 0.25) is 0 Å². The largest absolute Gasteiger partial charge is 2.00 e. The van der Waals surface area contributed by atoms with Gasteiger partial charge in [-0.1, -0.05) is 167 Å². The monoisotopic (exact) mass is 934 g/mol. The second-order valence-electron chi connectivity index (χ2n) is 16.2. The van der Waals surface area contributed by atoms with Gasteiger partial charge < -0.3 is 24.2 Å². The molecule has 0 heterocycles. The quantitative estimate of drug-likeness (QED) is 0.0291. The molecule has 0 aliphatic carbocycles. The van der Waals surface area contributed by atoms with E-state index in [1.165, 1.54) is 182 Å². The molecule has 4 rings (SSSR count). The van der Waals surface area contributed by atoms with E-state index in [0.717, 1.165) is 49.7 Å². The van der Waals surface area contributed by atoms with E-state index in [1.54, 1.807) is 12.1 Å². The van der Waals surface area contributed by atoms with Gasteiger partial charge in [-0.25, -0.2) is 8.42 Å². The van der Waals surface area contributed by atoms with Gasteiger partial charge in [0, 0.05) is 0 Å². The first-order valence-electron chi connectivity index (χ1n) is 22.9. The second-order valence-corrected chi connectivity index (χ2v) is 19.0. The van der Waals surface area contributed by atoms with Crippen LogP contribution in [0, 0.1) is 0 Å². The first-order chi connectivity index (χ1) is 29.8. The minimum absolute atomic E-state index is 0. The molecule has 63 heavy (non-hydrogen) atoms. The van der Waals surface area contributed by atoms with Crippen LogP contribution in [0.4, 0.5) is 0 Å². The zero-order valence-corrected chi connectivity index (χ0v) is 41.6. The number of benzene rings is 4. The molecule has 10 nitrogen and oxygen atoms in total. The van der Waals surface area contributed by atoms with Crippen LogP contribution in [0.15, 0.2) is 94.7 Å². The molecular formula is C50H70CaO10S2. The summed E-state index contributed by atoms with van der Waals surface area (Å²) in [6, 6.07) is 21.1. The molecule has 4 aromatic carbocycles. The Labute approximate surface area is 408 Å². The smallest absolute Gasteiger partial charge is 0.872 e. The third-order valence-corrected chi connectivity index (χ3v) is 12.6. The molecule has 0 aliphatic heterocycles. The molecule has 4 aromatic rings. The summed E-state index contributed by atoms with van der Waals surface area (Å²) in [5, 5.41) is 20.5. The Morgan fingerprint density at radius 1 is 0.476 bits per heavy atom. The predicted molar refractivity (Wildman–Crippen MR) is 251 cm³/mol. The molecular weight excluding hydrogens is 865 g/mol. The minimum atomic E-state index is -4.68. The molecule has 0 unspecified atom stereocenters. The van der Waals surface area contributed by atoms with E-state index in [2.05, 4.69) is 13.8 Å². The Bertz CT molecular complexity index is 1910. The van der Waals surface area contributed by atoms with Crippen molar-refractivity contribution in [3.8, 4) is 34.5 Å². The van der Waals surface area contributed by atoms with Crippen molar-refractivity contribution in [2.24, 2.45) is 0 Å². The summed E-state index contributed by atoms with van der Waals surface area (Å²) in [5.74, 6) is 0.645. The van der Waals surface area contributed by atoms with E-state index >= 15 is 0 Å². The van der Waals surface area contributed by atoms with Gasteiger partial charge in [0.15, 0.2) is 0 Å². The molecule has 0 bridgehead atoms. The van der Waals surface area contributed by atoms with Crippen molar-refractivity contribution in [3.63, 3.8) is 0 Å². The van der Waals surface area contributed by atoms with Gasteiger partial charge in [-0.05, 0) is 97.5 Å². The third kappa shape index (κ3) is 24.3. The summed E-state index contributed by atoms with van der Waals surface area (Å²) in [6.07, 6.45) is 29.1. The fourth-order valence-corrected chi connectivity index (χ4v) is 8.56. The fraction of sp³-hybridized carbons (Fsp3) is 0.520. The number of ether oxygens (including phenoxy) is 2. The molecule has 0 saturated carbocycles. The van der Waals surface area contributed by atoms with Crippen LogP contribution in [-0.4, -0.2) is 68.8 Å². The van der Waals surface area contributed by atoms with Gasteiger partial charge in [-0.3, -0.25) is 4.55 Å². The Morgan fingerprint density at radius 3 is 1.17 bits per heavy atom. The van der Waals surface area contributed by atoms with E-state index in [4.69, 9.17) is 9.47 Å². The van der Waals surface area contributed by atoms with Gasteiger partial charge in [0.25, 0.3) is 10.1 Å². The van der Waals surface area contributed by atoms with E-state index in [0.29, 0.717) is 11.5 Å². The van der Waals surface area contributed by atoms with Crippen LogP contribution in [0.3, 0.4) is 0 Å². The van der Waals surface area contributed by atoms with Gasteiger partial charge in [0.05, 0.1) is 4.90 Å². The van der Waals surface area contributed by atoms with Crippen molar-refractivity contribution in [1.82, 2.24) is 0 Å². The summed E-state index contributed by atoms with van der Waals surface area (Å²) < 4.78 is 79.6. The maximum Gasteiger partial charge on any atom is 2.00 e. The number of phenols is 1. The van der Waals surface area contributed by atoms with E-state index in [1.807, 2.05) is 6.07 Å². The Hall–Kier alpha value is -2.84. The van der Waals surface area contributed by atoms with Crippen molar-refractivity contribution in [1.29, 1.82) is 0 Å². The third-order valence-electron chi connectivity index (χ3n) is 10.8. The molecule has 0 aromatic heterocycles. The van der Waals surface area contributed by atoms with Crippen molar-refractivity contribution in [3.05, 3.63) is 96.1 Å². The van der Waals surface area contributed by atoms with Gasteiger partial charge in [-0.15, -0.1) is 5.75 Å². The molecule has 13 heteroatoms. The SMILES string of the molecule is CCCCCCCCCCCCCc1ccc(Oc2ccc(O)cc2)c(S(=O)(=O)O)c1.CCCCCCCCCCCCCc1ccc(Oc2ccc([O-])cc2)c(S(=O)(=O)[O-])c1.[Ca+2]. The normalized spacial score (nSPS) is 11.4. The molecule has 0 aliphatic rings. The summed E-state index contributed by atoms with van der Waals surface area (Å²) >= 11 is 0. The van der Waals surface area contributed by atoms with Crippen molar-refractivity contribution in [2.75, 3.05) is 0 Å². The minimum Gasteiger partial charge on any atom is -0.872 e. The topological polar surface area (TPSA) is 173 Å². The van der Waals surface area contributed by atoms with Crippen LogP contribution in [0.2, 0.25) is 0 Å². The van der Waals surface area contributed by atoms with E-state index in [9.17, 15) is 36.2 Å². The summed E-state index contributed by atoms with van der Waals surface area (Å²) in [5.41, 5.74) is 1.68. The maximum atomic E-state index is 11.8. The first-order valence-corrected chi connectivity index (χ1v) is 25.8. The summed E-state index contributed by atoms with van der Waals surface area (Å²) in [4.78, 5) is -0.597. The van der Waals surface area contributed by atoms with Crippen LogP contribution >= 0.6 is 0 Å². The predicted octanol–water partition coefficient (Wildman–Crippen LogP) is 13.2. The molecule has 0 fully saturated rings. The Kier molecular flexibility index (Phi) is 28.5. The number of phenolic OH excluding ortho intramolecular Hbond substituents is 1. The maximum absolute atomic E-state index is 11.8.